The Morgan fingerprint density at radius 2 is 1.86 bits per heavy atom. The molecule has 104 valence electrons. The number of rotatable bonds is 1. The number of aromatic carboxylic acids is 1. The first-order valence-electron chi connectivity index (χ1n) is 6.86. The molecule has 2 aliphatic rings. The number of carbonyl (C=O) groups excluding carboxylic acids is 1. The number of para-hydroxylation sites is 1. The molecule has 0 saturated carbocycles. The van der Waals surface area contributed by atoms with Gasteiger partial charge in [0, 0.05) is 5.69 Å². The first-order valence-corrected chi connectivity index (χ1v) is 6.86. The molecule has 4 heteroatoms. The van der Waals surface area contributed by atoms with E-state index in [2.05, 4.69) is 5.32 Å². The average molecular weight is 279 g/mol. The lowest BCUT2D eigenvalue weighted by Gasteiger charge is -2.20. The molecule has 2 aromatic carbocycles. The summed E-state index contributed by atoms with van der Waals surface area (Å²) in [6.07, 6.45) is 1.19. The van der Waals surface area contributed by atoms with E-state index in [0.717, 1.165) is 22.4 Å². The van der Waals surface area contributed by atoms with Gasteiger partial charge in [0.15, 0.2) is 0 Å². The predicted molar refractivity (Wildman–Crippen MR) is 77.6 cm³/mol. The zero-order valence-corrected chi connectivity index (χ0v) is 11.2. The zero-order chi connectivity index (χ0) is 14.6. The minimum absolute atomic E-state index is 0.0109. The minimum atomic E-state index is -0.935. The summed E-state index contributed by atoms with van der Waals surface area (Å²) in [7, 11) is 0. The SMILES string of the molecule is O=C(O)c1ccc2c(c1)CC1(C2)C(=O)Nc2ccccc21. The van der Waals surface area contributed by atoms with E-state index in [9.17, 15) is 9.59 Å². The number of carbonyl (C=O) groups is 2. The molecule has 1 atom stereocenters. The number of hydrogen-bond acceptors (Lipinski definition) is 2. The maximum absolute atomic E-state index is 12.5. The van der Waals surface area contributed by atoms with Crippen molar-refractivity contribution < 1.29 is 14.7 Å². The van der Waals surface area contributed by atoms with Gasteiger partial charge >= 0.3 is 5.97 Å². The Hall–Kier alpha value is -2.62. The highest BCUT2D eigenvalue weighted by Gasteiger charge is 2.50. The molecule has 1 aliphatic carbocycles. The Balaban J connectivity index is 1.83. The molecule has 1 heterocycles. The highest BCUT2D eigenvalue weighted by atomic mass is 16.4. The van der Waals surface area contributed by atoms with Crippen molar-refractivity contribution in [2.75, 3.05) is 5.32 Å². The molecule has 2 N–H and O–H groups in total. The van der Waals surface area contributed by atoms with Crippen LogP contribution in [-0.2, 0) is 23.1 Å². The van der Waals surface area contributed by atoms with Crippen LogP contribution in [-0.4, -0.2) is 17.0 Å². The lowest BCUT2D eigenvalue weighted by Crippen LogP contribution is -2.35. The fourth-order valence-corrected chi connectivity index (χ4v) is 3.53. The van der Waals surface area contributed by atoms with Crippen molar-refractivity contribution in [2.24, 2.45) is 0 Å². The topological polar surface area (TPSA) is 66.4 Å². The van der Waals surface area contributed by atoms with Crippen molar-refractivity contribution in [3.8, 4) is 0 Å². The van der Waals surface area contributed by atoms with Gasteiger partial charge in [-0.15, -0.1) is 0 Å². The Morgan fingerprint density at radius 3 is 2.67 bits per heavy atom. The van der Waals surface area contributed by atoms with E-state index in [1.807, 2.05) is 30.3 Å². The van der Waals surface area contributed by atoms with E-state index in [0.29, 0.717) is 12.8 Å². The molecule has 0 fully saturated rings. The Kier molecular flexibility index (Phi) is 2.28. The Morgan fingerprint density at radius 1 is 1.10 bits per heavy atom. The fourth-order valence-electron chi connectivity index (χ4n) is 3.53. The summed E-state index contributed by atoms with van der Waals surface area (Å²) < 4.78 is 0. The van der Waals surface area contributed by atoms with Crippen molar-refractivity contribution in [2.45, 2.75) is 18.3 Å². The third-order valence-corrected chi connectivity index (χ3v) is 4.56. The van der Waals surface area contributed by atoms with E-state index in [4.69, 9.17) is 5.11 Å². The van der Waals surface area contributed by atoms with Gasteiger partial charge in [0.1, 0.15) is 0 Å². The molecule has 0 radical (unpaired) electrons. The average Bonchev–Trinajstić information content (AvgIpc) is 2.98. The molecular weight excluding hydrogens is 266 g/mol. The van der Waals surface area contributed by atoms with Gasteiger partial charge in [-0.3, -0.25) is 4.79 Å². The molecule has 1 aliphatic heterocycles. The van der Waals surface area contributed by atoms with Crippen molar-refractivity contribution >= 4 is 17.6 Å². The number of fused-ring (bicyclic) bond motifs is 3. The highest BCUT2D eigenvalue weighted by molar-refractivity contribution is 6.07. The second-order valence-electron chi connectivity index (χ2n) is 5.72. The van der Waals surface area contributed by atoms with Crippen LogP contribution in [0.3, 0.4) is 0 Å². The third kappa shape index (κ3) is 1.56. The maximum atomic E-state index is 12.5. The fraction of sp³-hybridized carbons (Fsp3) is 0.176. The van der Waals surface area contributed by atoms with Gasteiger partial charge in [-0.1, -0.05) is 24.3 Å². The van der Waals surface area contributed by atoms with Crippen LogP contribution in [0.2, 0.25) is 0 Å². The first kappa shape index (κ1) is 12.1. The molecule has 21 heavy (non-hydrogen) atoms. The predicted octanol–water partition coefficient (Wildman–Crippen LogP) is 2.37. The van der Waals surface area contributed by atoms with E-state index in [1.165, 1.54) is 0 Å². The monoisotopic (exact) mass is 279 g/mol. The minimum Gasteiger partial charge on any atom is -0.478 e. The van der Waals surface area contributed by atoms with E-state index >= 15 is 0 Å². The highest BCUT2D eigenvalue weighted by Crippen LogP contribution is 2.47. The molecular formula is C17H13NO3. The van der Waals surface area contributed by atoms with Crippen LogP contribution in [0, 0.1) is 0 Å². The van der Waals surface area contributed by atoms with Crippen LogP contribution >= 0.6 is 0 Å². The lowest BCUT2D eigenvalue weighted by atomic mass is 9.79. The van der Waals surface area contributed by atoms with E-state index in [1.54, 1.807) is 12.1 Å². The smallest absolute Gasteiger partial charge is 0.335 e. The Labute approximate surface area is 121 Å². The summed E-state index contributed by atoms with van der Waals surface area (Å²) in [5, 5.41) is 12.1. The lowest BCUT2D eigenvalue weighted by molar-refractivity contribution is -0.120. The number of carboxylic acids is 1. The largest absolute Gasteiger partial charge is 0.478 e. The summed E-state index contributed by atoms with van der Waals surface area (Å²) in [6, 6.07) is 12.9. The van der Waals surface area contributed by atoms with Crippen LogP contribution in [0.5, 0.6) is 0 Å². The van der Waals surface area contributed by atoms with Crippen molar-refractivity contribution in [3.05, 3.63) is 64.7 Å². The molecule has 1 amide bonds. The number of carboxylic acid groups (broad SMARTS) is 1. The number of anilines is 1. The van der Waals surface area contributed by atoms with E-state index < -0.39 is 11.4 Å². The number of hydrogen-bond donors (Lipinski definition) is 2. The van der Waals surface area contributed by atoms with Crippen LogP contribution < -0.4 is 5.32 Å². The summed E-state index contributed by atoms with van der Waals surface area (Å²) in [5.74, 6) is -0.924. The summed E-state index contributed by atoms with van der Waals surface area (Å²) >= 11 is 0. The third-order valence-electron chi connectivity index (χ3n) is 4.56. The first-order chi connectivity index (χ1) is 10.1. The van der Waals surface area contributed by atoms with Gasteiger partial charge < -0.3 is 10.4 Å². The van der Waals surface area contributed by atoms with Gasteiger partial charge in [-0.05, 0) is 47.7 Å². The summed E-state index contributed by atoms with van der Waals surface area (Å²) in [6.45, 7) is 0. The van der Waals surface area contributed by atoms with Gasteiger partial charge in [0.2, 0.25) is 5.91 Å². The van der Waals surface area contributed by atoms with Crippen LogP contribution in [0.4, 0.5) is 5.69 Å². The van der Waals surface area contributed by atoms with E-state index in [-0.39, 0.29) is 11.5 Å². The molecule has 0 bridgehead atoms. The van der Waals surface area contributed by atoms with Crippen molar-refractivity contribution in [1.29, 1.82) is 0 Å². The van der Waals surface area contributed by atoms with Gasteiger partial charge in [0.25, 0.3) is 0 Å². The number of amides is 1. The molecule has 4 nitrogen and oxygen atoms in total. The second kappa shape index (κ2) is 3.95. The second-order valence-corrected chi connectivity index (χ2v) is 5.72. The van der Waals surface area contributed by atoms with Crippen LogP contribution in [0.25, 0.3) is 0 Å². The quantitative estimate of drug-likeness (QED) is 0.842. The molecule has 4 rings (SSSR count). The van der Waals surface area contributed by atoms with Crippen LogP contribution in [0.15, 0.2) is 42.5 Å². The molecule has 1 spiro atoms. The maximum Gasteiger partial charge on any atom is 0.335 e. The van der Waals surface area contributed by atoms with Crippen molar-refractivity contribution in [3.63, 3.8) is 0 Å². The normalized spacial score (nSPS) is 22.0. The summed E-state index contributed by atoms with van der Waals surface area (Å²) in [4.78, 5) is 23.6. The molecule has 0 aromatic heterocycles. The van der Waals surface area contributed by atoms with Crippen LogP contribution in [0.1, 0.15) is 27.0 Å². The number of nitrogens with one attached hydrogen (secondary N) is 1. The van der Waals surface area contributed by atoms with Gasteiger partial charge in [-0.2, -0.15) is 0 Å². The standard InChI is InChI=1S/C17H13NO3/c19-15(20)10-5-6-11-8-17(9-12(11)7-10)13-3-1-2-4-14(13)18-16(17)21/h1-7H,8-9H2,(H,18,21)(H,19,20). The van der Waals surface area contributed by atoms with Crippen molar-refractivity contribution in [1.82, 2.24) is 0 Å². The van der Waals surface area contributed by atoms with Gasteiger partial charge in [0.05, 0.1) is 11.0 Å². The van der Waals surface area contributed by atoms with Gasteiger partial charge in [-0.25, -0.2) is 4.79 Å². The molecule has 2 aromatic rings. The summed E-state index contributed by atoms with van der Waals surface area (Å²) in [5.41, 5.74) is 3.61. The zero-order valence-electron chi connectivity index (χ0n) is 11.2. The molecule has 1 unspecified atom stereocenters. The number of benzene rings is 2. The molecule has 0 saturated heterocycles. The Bertz CT molecular complexity index is 796.